The normalized spacial score (nSPS) is 13.0. The van der Waals surface area contributed by atoms with Crippen LogP contribution in [0.5, 0.6) is 0 Å². The first-order valence-electron chi connectivity index (χ1n) is 28.3. The van der Waals surface area contributed by atoms with E-state index >= 15 is 52.7 Å². The van der Waals surface area contributed by atoms with Gasteiger partial charge in [0.1, 0.15) is 23.3 Å². The van der Waals surface area contributed by atoms with E-state index < -0.39 is 91.5 Å². The lowest BCUT2D eigenvalue weighted by atomic mass is 9.98. The van der Waals surface area contributed by atoms with Crippen molar-refractivity contribution in [2.24, 2.45) is 0 Å². The molecule has 0 aliphatic heterocycles. The molecule has 92 heavy (non-hydrogen) atoms. The number of nitriles is 2. The Kier molecular flexibility index (Phi) is 11.3. The monoisotopic (exact) mass is 1270 g/mol. The number of thiophene rings is 2. The quantitative estimate of drug-likeness (QED) is 0.165. The van der Waals surface area contributed by atoms with Gasteiger partial charge >= 0.3 is 24.7 Å². The molecule has 0 amide bonds. The fourth-order valence-corrected chi connectivity index (χ4v) is 16.1. The number of halogens is 12. The van der Waals surface area contributed by atoms with E-state index in [-0.39, 0.29) is 32.9 Å². The minimum atomic E-state index is -5.10. The predicted molar refractivity (Wildman–Crippen MR) is 339 cm³/mol. The lowest BCUT2D eigenvalue weighted by molar-refractivity contribution is -0.138. The van der Waals surface area contributed by atoms with Crippen molar-refractivity contribution in [3.05, 3.63) is 228 Å². The fraction of sp³-hybridized carbons (Fsp3) is 0.0556. The summed E-state index contributed by atoms with van der Waals surface area (Å²) < 4.78 is 194. The van der Waals surface area contributed by atoms with Gasteiger partial charge in [-0.1, -0.05) is 97.1 Å². The van der Waals surface area contributed by atoms with Crippen molar-refractivity contribution in [3.8, 4) is 34.9 Å². The van der Waals surface area contributed by atoms with E-state index in [4.69, 9.17) is 0 Å². The van der Waals surface area contributed by atoms with Crippen LogP contribution in [-0.2, 0) is 24.7 Å². The van der Waals surface area contributed by atoms with Gasteiger partial charge in [-0.05, 0) is 97.1 Å². The van der Waals surface area contributed by atoms with Crippen LogP contribution in [0.15, 0.2) is 194 Å². The number of hydrogen-bond donors (Lipinski definition) is 0. The van der Waals surface area contributed by atoms with Crippen molar-refractivity contribution in [2.45, 2.75) is 24.7 Å². The number of benzene rings is 11. The Morgan fingerprint density at radius 1 is 0.250 bits per heavy atom. The van der Waals surface area contributed by atoms with Gasteiger partial charge in [-0.25, -0.2) is 0 Å². The topological polar surface area (TPSA) is 67.3 Å². The van der Waals surface area contributed by atoms with E-state index in [1.54, 1.807) is 45.5 Å². The van der Waals surface area contributed by atoms with E-state index in [2.05, 4.69) is 12.1 Å². The van der Waals surface area contributed by atoms with Crippen LogP contribution in [0.25, 0.3) is 150 Å². The molecule has 0 fully saturated rings. The maximum absolute atomic E-state index is 15.5. The van der Waals surface area contributed by atoms with E-state index in [1.807, 2.05) is 84.9 Å². The van der Waals surface area contributed by atoms with Crippen molar-refractivity contribution in [1.29, 1.82) is 10.5 Å². The van der Waals surface area contributed by atoms with Gasteiger partial charge in [-0.2, -0.15) is 63.2 Å². The number of aromatic nitrogens is 4. The van der Waals surface area contributed by atoms with Crippen molar-refractivity contribution in [3.63, 3.8) is 0 Å². The molecule has 6 nitrogen and oxygen atoms in total. The highest BCUT2D eigenvalue weighted by Gasteiger charge is 2.40. The minimum absolute atomic E-state index is 0.0382. The first-order chi connectivity index (χ1) is 44.1. The third-order valence-electron chi connectivity index (χ3n) is 17.7. The van der Waals surface area contributed by atoms with Gasteiger partial charge in [0.15, 0.2) is 0 Å². The summed E-state index contributed by atoms with van der Waals surface area (Å²) in [5.41, 5.74) is -8.14. The molecule has 17 aromatic rings. The smallest absolute Gasteiger partial charge is 0.306 e. The summed E-state index contributed by atoms with van der Waals surface area (Å²) >= 11 is 2.87. The van der Waals surface area contributed by atoms with Crippen LogP contribution in [-0.4, -0.2) is 18.3 Å². The zero-order valence-electron chi connectivity index (χ0n) is 46.5. The molecule has 0 atom stereocenters. The molecule has 0 aliphatic rings. The van der Waals surface area contributed by atoms with Crippen molar-refractivity contribution in [2.75, 3.05) is 0 Å². The largest absolute Gasteiger partial charge is 0.416 e. The molecule has 0 bridgehead atoms. The van der Waals surface area contributed by atoms with Gasteiger partial charge in [-0.15, -0.1) is 22.7 Å². The standard InChI is InChI=1S/C72H32F12N6S2/c73-69(74,75)35-17-21-41-42-22-18-36(70(76,77)78)26-56(42)89(55(41)25-35)65-51(33-85)66(87-53-13-5-1-9-39(53)47-29-49-45-11-3-7-15-61(45)91-63(49)31-59(47)87)68(88-54-14-6-2-10-40(54)48-30-50-46-12-4-8-16-62(46)92-64(50)32-60(48)88)67(52(65)34-86)90-57-27-37(71(79,80)81)19-23-43(57)44-24-20-38(28-58(44)90)72(82,83)84/h1-32H. The average molecular weight is 1270 g/mol. The molecule has 446 valence electrons. The second-order valence-corrected chi connectivity index (χ2v) is 24.8. The number of para-hydroxylation sites is 2. The first-order valence-corrected chi connectivity index (χ1v) is 29.9. The van der Waals surface area contributed by atoms with Crippen LogP contribution in [0.1, 0.15) is 33.4 Å². The van der Waals surface area contributed by atoms with Gasteiger partial charge in [-0.3, -0.25) is 0 Å². The van der Waals surface area contributed by atoms with Crippen molar-refractivity contribution >= 4 is 150 Å². The molecule has 0 unspecified atom stereocenters. The molecule has 11 aromatic carbocycles. The van der Waals surface area contributed by atoms with Crippen molar-refractivity contribution < 1.29 is 52.7 Å². The molecule has 6 aromatic heterocycles. The Morgan fingerprint density at radius 3 is 0.880 bits per heavy atom. The molecule has 6 heterocycles. The highest BCUT2D eigenvalue weighted by molar-refractivity contribution is 7.26. The average Bonchev–Trinajstić information content (AvgIpc) is 1.47. The summed E-state index contributed by atoms with van der Waals surface area (Å²) in [4.78, 5) is 0. The molecule has 0 radical (unpaired) electrons. The molecule has 0 N–H and O–H groups in total. The molecular formula is C72H32F12N6S2. The number of nitrogens with zero attached hydrogens (tertiary/aromatic N) is 6. The van der Waals surface area contributed by atoms with E-state index in [0.717, 1.165) is 110 Å². The maximum atomic E-state index is 15.5. The third-order valence-corrected chi connectivity index (χ3v) is 20.0. The van der Waals surface area contributed by atoms with Crippen LogP contribution in [0, 0.1) is 22.7 Å². The highest BCUT2D eigenvalue weighted by atomic mass is 32.1. The molecule has 0 saturated heterocycles. The van der Waals surface area contributed by atoms with E-state index in [1.165, 1.54) is 22.7 Å². The summed E-state index contributed by atoms with van der Waals surface area (Å²) in [5, 5.41) is 30.7. The summed E-state index contributed by atoms with van der Waals surface area (Å²) in [7, 11) is 0. The Balaban J connectivity index is 1.21. The predicted octanol–water partition coefficient (Wildman–Crippen LogP) is 22.6. The molecular weight excluding hydrogens is 1240 g/mol. The third kappa shape index (κ3) is 7.80. The zero-order chi connectivity index (χ0) is 63.4. The Hall–Kier alpha value is -10.8. The second kappa shape index (κ2) is 18.9. The van der Waals surface area contributed by atoms with E-state index in [9.17, 15) is 10.5 Å². The van der Waals surface area contributed by atoms with Crippen LogP contribution in [0.2, 0.25) is 0 Å². The van der Waals surface area contributed by atoms with Crippen LogP contribution in [0.3, 0.4) is 0 Å². The lowest BCUT2D eigenvalue weighted by Gasteiger charge is -2.27. The van der Waals surface area contributed by atoms with Gasteiger partial charge in [0, 0.05) is 83.4 Å². The SMILES string of the molecule is N#Cc1c(-n2c3cc(C(F)(F)F)ccc3c3ccc(C(F)(F)F)cc32)c(C#N)c(-n2c3ccccc3c3cc4c(cc32)sc2ccccc24)c(-n2c3ccccc3c3cc4c(cc32)sc2ccccc24)c1-n1c2cc(C(F)(F)F)ccc2c2ccc(C(F)(F)F)cc21. The lowest BCUT2D eigenvalue weighted by Crippen LogP contribution is -2.17. The van der Waals surface area contributed by atoms with Gasteiger partial charge in [0.25, 0.3) is 0 Å². The molecule has 0 saturated carbocycles. The van der Waals surface area contributed by atoms with Gasteiger partial charge in [0.05, 0.1) is 89.1 Å². The molecule has 17 rings (SSSR count). The first kappa shape index (κ1) is 55.3. The summed E-state index contributed by atoms with van der Waals surface area (Å²) in [5.74, 6) is 0. The zero-order valence-corrected chi connectivity index (χ0v) is 48.1. The minimum Gasteiger partial charge on any atom is -0.306 e. The van der Waals surface area contributed by atoms with Crippen LogP contribution in [0.4, 0.5) is 52.7 Å². The maximum Gasteiger partial charge on any atom is 0.416 e. The summed E-state index contributed by atoms with van der Waals surface area (Å²) in [6, 6.07) is 51.6. The van der Waals surface area contributed by atoms with Gasteiger partial charge in [0.2, 0.25) is 0 Å². The Labute approximate surface area is 516 Å². The van der Waals surface area contributed by atoms with E-state index in [0.29, 0.717) is 55.7 Å². The summed E-state index contributed by atoms with van der Waals surface area (Å²) in [6.07, 6.45) is -20.4. The number of rotatable bonds is 4. The fourth-order valence-electron chi connectivity index (χ4n) is 13.9. The van der Waals surface area contributed by atoms with Crippen LogP contribution < -0.4 is 0 Å². The Bertz CT molecular complexity index is 6100. The van der Waals surface area contributed by atoms with Gasteiger partial charge < -0.3 is 18.3 Å². The second-order valence-electron chi connectivity index (χ2n) is 22.6. The molecule has 0 spiro atoms. The number of fused-ring (bicyclic) bond motifs is 18. The van der Waals surface area contributed by atoms with Crippen molar-refractivity contribution in [1.82, 2.24) is 18.3 Å². The molecule has 0 aliphatic carbocycles. The molecule has 20 heteroatoms. The highest BCUT2D eigenvalue weighted by Crippen LogP contribution is 2.53. The Morgan fingerprint density at radius 2 is 0.533 bits per heavy atom. The number of alkyl halides is 12. The summed E-state index contributed by atoms with van der Waals surface area (Å²) in [6.45, 7) is 0. The number of hydrogen-bond acceptors (Lipinski definition) is 4. The van der Waals surface area contributed by atoms with Crippen LogP contribution >= 0.6 is 22.7 Å².